The zero-order chi connectivity index (χ0) is 20.2. The number of hydrogen-bond acceptors (Lipinski definition) is 2. The molecule has 0 aromatic heterocycles. The molecule has 0 aliphatic carbocycles. The molecule has 0 spiro atoms. The molecule has 2 N–H and O–H groups in total. The van der Waals surface area contributed by atoms with Crippen LogP contribution in [-0.2, 0) is 37.4 Å². The molecule has 0 radical (unpaired) electrons. The van der Waals surface area contributed by atoms with Gasteiger partial charge in [-0.05, 0) is 0 Å². The van der Waals surface area contributed by atoms with Gasteiger partial charge in [-0.2, -0.15) is 0 Å². The summed E-state index contributed by atoms with van der Waals surface area (Å²) < 4.78 is 1.67. The van der Waals surface area contributed by atoms with E-state index in [0.717, 1.165) is 0 Å². The fourth-order valence-corrected chi connectivity index (χ4v) is 4.22. The third kappa shape index (κ3) is 20.5. The van der Waals surface area contributed by atoms with Crippen molar-refractivity contribution in [1.29, 1.82) is 0 Å². The number of unbranched alkanes of at least 4 members (excludes halogenated alkanes) is 13. The van der Waals surface area contributed by atoms with E-state index in [1.165, 1.54) is 115 Å². The molecule has 0 fully saturated rings. The minimum Gasteiger partial charge on any atom is -0.415 e. The fourth-order valence-electron chi connectivity index (χ4n) is 3.31. The maximum atomic E-state index is 4.66. The molecule has 0 bridgehead atoms. The van der Waals surface area contributed by atoms with Gasteiger partial charge >= 0.3 is 116 Å². The summed E-state index contributed by atoms with van der Waals surface area (Å²) in [5.74, 6) is 0. The van der Waals surface area contributed by atoms with Gasteiger partial charge in [-0.1, -0.05) is 43.3 Å². The van der Waals surface area contributed by atoms with Gasteiger partial charge in [0.05, 0.1) is 0 Å². The Kier molecular flexibility index (Phi) is 20.6. The summed E-state index contributed by atoms with van der Waals surface area (Å²) in [5, 5.41) is 0. The van der Waals surface area contributed by atoms with Crippen molar-refractivity contribution in [3.8, 4) is 0 Å². The molecule has 0 aliphatic heterocycles. The smallest absolute Gasteiger partial charge is 0.0708 e. The Labute approximate surface area is 189 Å². The summed E-state index contributed by atoms with van der Waals surface area (Å²) in [7, 11) is 0. The van der Waals surface area contributed by atoms with Crippen molar-refractivity contribution in [3.05, 3.63) is 29.8 Å². The minimum absolute atomic E-state index is 0.0833. The molecule has 0 atom stereocenters. The molecular formula is C23H39NS2Zn. The molecule has 0 aliphatic rings. The van der Waals surface area contributed by atoms with Crippen LogP contribution in [0.5, 0.6) is 0 Å². The number of nitrogens with two attached hydrogens (primary N) is 1. The van der Waals surface area contributed by atoms with Gasteiger partial charge in [-0.15, -0.1) is 0 Å². The number of benzene rings is 1. The molecule has 1 aromatic rings. The zero-order valence-corrected chi connectivity index (χ0v) is 22.1. The van der Waals surface area contributed by atoms with Gasteiger partial charge in [0.25, 0.3) is 0 Å². The largest absolute Gasteiger partial charge is 0.415 e. The third-order valence-electron chi connectivity index (χ3n) is 4.92. The van der Waals surface area contributed by atoms with Crippen LogP contribution in [0.2, 0.25) is 0 Å². The third-order valence-corrected chi connectivity index (χ3v) is 6.37. The molecule has 0 heterocycles. The predicted molar refractivity (Wildman–Crippen MR) is 124 cm³/mol. The van der Waals surface area contributed by atoms with Crippen molar-refractivity contribution in [1.82, 2.24) is 0 Å². The van der Waals surface area contributed by atoms with Gasteiger partial charge in [-0.25, -0.2) is 0 Å². The molecular weight excluding hydrogens is 420 g/mol. The second-order valence-electron chi connectivity index (χ2n) is 7.43. The first kappa shape index (κ1) is 27.0. The van der Waals surface area contributed by atoms with Crippen LogP contribution in [-0.4, -0.2) is 4.32 Å². The van der Waals surface area contributed by atoms with Crippen molar-refractivity contribution in [2.45, 2.75) is 103 Å². The van der Waals surface area contributed by atoms with E-state index < -0.39 is 0 Å². The number of hydrogen-bond donors (Lipinski definition) is 1. The Hall–Kier alpha value is -0.0466. The van der Waals surface area contributed by atoms with E-state index in [9.17, 15) is 0 Å². The van der Waals surface area contributed by atoms with Crippen LogP contribution in [0.4, 0.5) is 0 Å². The van der Waals surface area contributed by atoms with Crippen LogP contribution < -0.4 is 9.89 Å². The minimum atomic E-state index is 0.0833. The summed E-state index contributed by atoms with van der Waals surface area (Å²) in [6.07, 6.45) is 21.6. The van der Waals surface area contributed by atoms with Crippen LogP contribution in [0.25, 0.3) is 0 Å². The molecule has 1 nitrogen and oxygen atoms in total. The number of rotatable bonds is 15. The summed E-state index contributed by atoms with van der Waals surface area (Å²) in [4.78, 5) is 0. The molecule has 1 rings (SSSR count). The number of aryl methyl sites for hydroxylation is 1. The van der Waals surface area contributed by atoms with E-state index in [4.69, 9.17) is 0 Å². The van der Waals surface area contributed by atoms with Gasteiger partial charge in [0, 0.05) is 0 Å². The average Bonchev–Trinajstić information content (AvgIpc) is 2.63. The standard InChI is InChI=1S/C22H37.CH3NS2.Zn/c1-2-3-4-5-6-7-8-9-10-11-12-13-14-16-19-22-20-17-15-18-21-22;2-1(3)4;/h15,17-18,20H,2-14,16,19H2,1H3;(H3,2,3,4);/q;;+1/p-1. The molecule has 0 amide bonds. The van der Waals surface area contributed by atoms with E-state index >= 15 is 0 Å². The molecule has 150 valence electrons. The van der Waals surface area contributed by atoms with Gasteiger partial charge in [0.1, 0.15) is 0 Å². The van der Waals surface area contributed by atoms with Crippen LogP contribution in [0, 0.1) is 0 Å². The SMILES string of the molecule is CCCCCCCCCCCCCCCCc1cccc[c]1[Zn+].NC(=S)[S-]. The van der Waals surface area contributed by atoms with E-state index in [-0.39, 0.29) is 4.32 Å². The molecule has 1 aromatic carbocycles. The fraction of sp³-hybridized carbons (Fsp3) is 0.696. The first-order chi connectivity index (χ1) is 13.1. The van der Waals surface area contributed by atoms with Gasteiger partial charge in [-0.3, -0.25) is 0 Å². The molecule has 0 saturated heterocycles. The quantitative estimate of drug-likeness (QED) is 0.138. The summed E-state index contributed by atoms with van der Waals surface area (Å²) in [5.41, 5.74) is 6.26. The van der Waals surface area contributed by atoms with Crippen LogP contribution in [0.1, 0.15) is 102 Å². The van der Waals surface area contributed by atoms with Crippen LogP contribution in [0.3, 0.4) is 0 Å². The Morgan fingerprint density at radius 2 is 1.19 bits per heavy atom. The van der Waals surface area contributed by atoms with Crippen molar-refractivity contribution in [2.75, 3.05) is 0 Å². The van der Waals surface area contributed by atoms with Gasteiger partial charge in [0.15, 0.2) is 0 Å². The molecule has 0 saturated carbocycles. The second-order valence-corrected chi connectivity index (χ2v) is 10.2. The van der Waals surface area contributed by atoms with Crippen molar-refractivity contribution >= 4 is 33.3 Å². The van der Waals surface area contributed by atoms with E-state index in [2.05, 4.69) is 61.8 Å². The number of thiocarbonyl (C=S) groups is 1. The van der Waals surface area contributed by atoms with Crippen LogP contribution >= 0.6 is 12.2 Å². The maximum Gasteiger partial charge on any atom is -0.0708 e. The Bertz CT molecular complexity index is 461. The van der Waals surface area contributed by atoms with Crippen molar-refractivity contribution < 1.29 is 18.3 Å². The van der Waals surface area contributed by atoms with E-state index in [1.807, 2.05) is 0 Å². The normalized spacial score (nSPS) is 10.3. The first-order valence-electron chi connectivity index (χ1n) is 10.9. The second kappa shape index (κ2) is 20.7. The van der Waals surface area contributed by atoms with Crippen LogP contribution in [0.15, 0.2) is 24.3 Å². The van der Waals surface area contributed by atoms with Gasteiger partial charge < -0.3 is 30.6 Å². The average molecular weight is 459 g/mol. The van der Waals surface area contributed by atoms with E-state index in [0.29, 0.717) is 0 Å². The molecule has 4 heteroatoms. The topological polar surface area (TPSA) is 26.0 Å². The van der Waals surface area contributed by atoms with Crippen molar-refractivity contribution in [3.63, 3.8) is 0 Å². The van der Waals surface area contributed by atoms with E-state index in [1.54, 1.807) is 9.72 Å². The van der Waals surface area contributed by atoms with Gasteiger partial charge in [0.2, 0.25) is 0 Å². The monoisotopic (exact) mass is 457 g/mol. The predicted octanol–water partition coefficient (Wildman–Crippen LogP) is 6.66. The Morgan fingerprint density at radius 1 is 0.815 bits per heavy atom. The summed E-state index contributed by atoms with van der Waals surface area (Å²) in [6, 6.07) is 8.98. The Morgan fingerprint density at radius 3 is 1.59 bits per heavy atom. The summed E-state index contributed by atoms with van der Waals surface area (Å²) in [6.45, 7) is 2.30. The molecule has 0 unspecified atom stereocenters. The molecule has 27 heavy (non-hydrogen) atoms. The zero-order valence-electron chi connectivity index (χ0n) is 17.5. The van der Waals surface area contributed by atoms with Crippen molar-refractivity contribution in [2.24, 2.45) is 5.73 Å². The maximum absolute atomic E-state index is 4.66. The first-order valence-corrected chi connectivity index (χ1v) is 13.2. The summed E-state index contributed by atoms with van der Waals surface area (Å²) >= 11 is 9.56. The Balaban J connectivity index is 0.00000153.